The smallest absolute Gasteiger partial charge is 0.387 e. The first kappa shape index (κ1) is 16.5. The van der Waals surface area contributed by atoms with Crippen molar-refractivity contribution in [2.45, 2.75) is 37.9 Å². The fraction of sp³-hybridized carbons (Fsp3) is 0.500. The topological polar surface area (TPSA) is 58.6 Å². The van der Waals surface area contributed by atoms with Gasteiger partial charge >= 0.3 is 6.61 Å². The van der Waals surface area contributed by atoms with Crippen molar-refractivity contribution in [1.82, 2.24) is 5.32 Å². The van der Waals surface area contributed by atoms with E-state index in [9.17, 15) is 27.5 Å². The van der Waals surface area contributed by atoms with Crippen molar-refractivity contribution in [3.63, 3.8) is 0 Å². The van der Waals surface area contributed by atoms with E-state index in [1.54, 1.807) is 0 Å². The lowest BCUT2D eigenvalue weighted by atomic mass is 10.0. The second-order valence-electron chi connectivity index (χ2n) is 5.23. The Morgan fingerprint density at radius 3 is 2.55 bits per heavy atom. The second-order valence-corrected chi connectivity index (χ2v) is 5.23. The van der Waals surface area contributed by atoms with E-state index >= 15 is 0 Å². The number of hydrogen-bond donors (Lipinski definition) is 2. The van der Waals surface area contributed by atoms with Gasteiger partial charge in [0.1, 0.15) is 11.4 Å². The molecule has 0 aliphatic heterocycles. The van der Waals surface area contributed by atoms with E-state index in [-0.39, 0.29) is 6.54 Å². The van der Waals surface area contributed by atoms with Gasteiger partial charge in [0.15, 0.2) is 11.6 Å². The summed E-state index contributed by atoms with van der Waals surface area (Å²) in [4.78, 5) is 11.9. The number of benzene rings is 1. The molecule has 0 heterocycles. The van der Waals surface area contributed by atoms with Crippen LogP contribution in [-0.2, 0) is 0 Å². The lowest BCUT2D eigenvalue weighted by Gasteiger charge is -2.22. The first-order valence-corrected chi connectivity index (χ1v) is 6.76. The average molecular weight is 321 g/mol. The number of rotatable bonds is 5. The highest BCUT2D eigenvalue weighted by Crippen LogP contribution is 2.29. The molecule has 22 heavy (non-hydrogen) atoms. The maximum absolute atomic E-state index is 13.9. The van der Waals surface area contributed by atoms with E-state index in [2.05, 4.69) is 10.1 Å². The third-order valence-electron chi connectivity index (χ3n) is 3.61. The molecule has 8 heteroatoms. The van der Waals surface area contributed by atoms with Gasteiger partial charge in [0, 0.05) is 6.54 Å². The minimum Gasteiger partial charge on any atom is -0.432 e. The number of halogens is 4. The number of hydrogen-bond acceptors (Lipinski definition) is 3. The van der Waals surface area contributed by atoms with Crippen LogP contribution >= 0.6 is 0 Å². The summed E-state index contributed by atoms with van der Waals surface area (Å²) in [6.07, 6.45) is 2.55. The van der Waals surface area contributed by atoms with Crippen LogP contribution in [0, 0.1) is 11.6 Å². The monoisotopic (exact) mass is 321 g/mol. The van der Waals surface area contributed by atoms with E-state index in [1.165, 1.54) is 0 Å². The third kappa shape index (κ3) is 3.68. The van der Waals surface area contributed by atoms with Crippen molar-refractivity contribution in [1.29, 1.82) is 0 Å². The summed E-state index contributed by atoms with van der Waals surface area (Å²) < 4.78 is 55.7. The molecule has 1 fully saturated rings. The van der Waals surface area contributed by atoms with Gasteiger partial charge in [-0.05, 0) is 25.0 Å². The quantitative estimate of drug-likeness (QED) is 0.820. The third-order valence-corrected chi connectivity index (χ3v) is 3.61. The number of amides is 1. The summed E-state index contributed by atoms with van der Waals surface area (Å²) in [7, 11) is 0. The molecular weight excluding hydrogens is 306 g/mol. The molecule has 0 spiro atoms. The number of aliphatic hydroxyl groups is 1. The van der Waals surface area contributed by atoms with Crippen LogP contribution in [0.1, 0.15) is 36.0 Å². The zero-order valence-electron chi connectivity index (χ0n) is 11.5. The molecule has 1 aromatic carbocycles. The van der Waals surface area contributed by atoms with Crippen LogP contribution in [-0.4, -0.2) is 29.8 Å². The molecule has 1 aliphatic carbocycles. The summed E-state index contributed by atoms with van der Waals surface area (Å²) >= 11 is 0. The molecule has 2 N–H and O–H groups in total. The van der Waals surface area contributed by atoms with E-state index in [0.29, 0.717) is 25.0 Å². The van der Waals surface area contributed by atoms with Crippen molar-refractivity contribution >= 4 is 5.91 Å². The highest BCUT2D eigenvalue weighted by molar-refractivity contribution is 5.95. The molecule has 4 nitrogen and oxygen atoms in total. The van der Waals surface area contributed by atoms with Crippen LogP contribution in [0.5, 0.6) is 5.75 Å². The first-order valence-electron chi connectivity index (χ1n) is 6.76. The maximum Gasteiger partial charge on any atom is 0.387 e. The molecule has 0 radical (unpaired) electrons. The zero-order chi connectivity index (χ0) is 16.3. The Bertz CT molecular complexity index is 559. The van der Waals surface area contributed by atoms with Gasteiger partial charge in [-0.2, -0.15) is 8.78 Å². The normalized spacial score (nSPS) is 16.8. The summed E-state index contributed by atoms with van der Waals surface area (Å²) in [5, 5.41) is 12.3. The van der Waals surface area contributed by atoms with Crippen LogP contribution in [0.4, 0.5) is 17.6 Å². The number of nitrogens with one attached hydrogen (secondary N) is 1. The van der Waals surface area contributed by atoms with Gasteiger partial charge in [0.25, 0.3) is 5.91 Å². The van der Waals surface area contributed by atoms with Gasteiger partial charge in [-0.3, -0.25) is 4.79 Å². The van der Waals surface area contributed by atoms with E-state index < -0.39 is 41.1 Å². The predicted molar refractivity (Wildman–Crippen MR) is 68.7 cm³/mol. The highest BCUT2D eigenvalue weighted by Gasteiger charge is 2.32. The average Bonchev–Trinajstić information content (AvgIpc) is 2.87. The number of alkyl halides is 2. The fourth-order valence-electron chi connectivity index (χ4n) is 2.47. The SMILES string of the molecule is O=C(NCC1(O)CCCC1)c1c(F)ccc(OC(F)F)c1F. The molecule has 0 aromatic heterocycles. The number of ether oxygens (including phenoxy) is 1. The van der Waals surface area contributed by atoms with Crippen LogP contribution in [0.15, 0.2) is 12.1 Å². The lowest BCUT2D eigenvalue weighted by Crippen LogP contribution is -2.41. The number of carbonyl (C=O) groups excluding carboxylic acids is 1. The van der Waals surface area contributed by atoms with Crippen molar-refractivity contribution in [3.05, 3.63) is 29.3 Å². The molecular formula is C14H15F4NO3. The minimum atomic E-state index is -3.30. The lowest BCUT2D eigenvalue weighted by molar-refractivity contribution is -0.0523. The molecule has 1 saturated carbocycles. The minimum absolute atomic E-state index is 0.162. The van der Waals surface area contributed by atoms with Gasteiger partial charge in [0.2, 0.25) is 0 Å². The van der Waals surface area contributed by atoms with Gasteiger partial charge in [-0.1, -0.05) is 12.8 Å². The molecule has 0 bridgehead atoms. The van der Waals surface area contributed by atoms with Crippen molar-refractivity contribution in [2.24, 2.45) is 0 Å². The fourth-order valence-corrected chi connectivity index (χ4v) is 2.47. The summed E-state index contributed by atoms with van der Waals surface area (Å²) in [6, 6.07) is 1.35. The molecule has 2 rings (SSSR count). The largest absolute Gasteiger partial charge is 0.432 e. The summed E-state index contributed by atoms with van der Waals surface area (Å²) in [5.74, 6) is -4.75. The molecule has 122 valence electrons. The summed E-state index contributed by atoms with van der Waals surface area (Å²) in [6.45, 7) is -3.46. The molecule has 1 aromatic rings. The molecule has 1 amide bonds. The van der Waals surface area contributed by atoms with Crippen LogP contribution in [0.2, 0.25) is 0 Å². The molecule has 0 saturated heterocycles. The first-order chi connectivity index (χ1) is 10.3. The standard InChI is InChI=1S/C14H15F4NO3/c15-8-3-4-9(22-13(17)18)11(16)10(8)12(20)19-7-14(21)5-1-2-6-14/h3-4,13,21H,1-2,5-7H2,(H,19,20). The Hall–Kier alpha value is -1.83. The Balaban J connectivity index is 2.14. The van der Waals surface area contributed by atoms with E-state index in [1.807, 2.05) is 0 Å². The van der Waals surface area contributed by atoms with Crippen LogP contribution in [0.3, 0.4) is 0 Å². The Morgan fingerprint density at radius 1 is 1.32 bits per heavy atom. The molecule has 1 aliphatic rings. The number of carbonyl (C=O) groups is 1. The van der Waals surface area contributed by atoms with Gasteiger partial charge in [-0.25, -0.2) is 8.78 Å². The van der Waals surface area contributed by atoms with Gasteiger partial charge in [0.05, 0.1) is 5.60 Å². The van der Waals surface area contributed by atoms with E-state index in [4.69, 9.17) is 0 Å². The Morgan fingerprint density at radius 2 is 1.95 bits per heavy atom. The zero-order valence-corrected chi connectivity index (χ0v) is 11.5. The van der Waals surface area contributed by atoms with Gasteiger partial charge in [-0.15, -0.1) is 0 Å². The van der Waals surface area contributed by atoms with E-state index in [0.717, 1.165) is 12.8 Å². The Labute approximate surface area is 124 Å². The molecule has 0 atom stereocenters. The predicted octanol–water partition coefficient (Wildman–Crippen LogP) is 2.60. The summed E-state index contributed by atoms with van der Waals surface area (Å²) in [5.41, 5.74) is -2.11. The maximum atomic E-state index is 13.9. The van der Waals surface area contributed by atoms with Gasteiger partial charge < -0.3 is 15.2 Å². The second kappa shape index (κ2) is 6.51. The van der Waals surface area contributed by atoms with Crippen LogP contribution in [0.25, 0.3) is 0 Å². The molecule has 0 unspecified atom stereocenters. The highest BCUT2D eigenvalue weighted by atomic mass is 19.3. The van der Waals surface area contributed by atoms with Crippen LogP contribution < -0.4 is 10.1 Å². The van der Waals surface area contributed by atoms with Crippen molar-refractivity contribution in [3.8, 4) is 5.75 Å². The van der Waals surface area contributed by atoms with Crippen molar-refractivity contribution in [2.75, 3.05) is 6.54 Å². The Kier molecular flexibility index (Phi) is 4.90. The van der Waals surface area contributed by atoms with Crippen molar-refractivity contribution < 1.29 is 32.2 Å².